The smallest absolute Gasteiger partial charge is 0.120 e. The number of aromatic amines is 1. The summed E-state index contributed by atoms with van der Waals surface area (Å²) in [6, 6.07) is 0. The van der Waals surface area contributed by atoms with E-state index in [-0.39, 0.29) is 6.61 Å². The van der Waals surface area contributed by atoms with Crippen molar-refractivity contribution < 1.29 is 5.11 Å². The third-order valence-corrected chi connectivity index (χ3v) is 3.48. The van der Waals surface area contributed by atoms with Crippen LogP contribution in [0, 0.1) is 6.92 Å². The summed E-state index contributed by atoms with van der Waals surface area (Å²) in [5.41, 5.74) is 2.92. The van der Waals surface area contributed by atoms with Crippen molar-refractivity contribution in [3.63, 3.8) is 0 Å². The van der Waals surface area contributed by atoms with Gasteiger partial charge in [-0.3, -0.25) is 4.90 Å². The fraction of sp³-hybridized carbons (Fsp3) is 0.455. The van der Waals surface area contributed by atoms with E-state index in [4.69, 9.17) is 5.11 Å². The minimum atomic E-state index is 0.151. The van der Waals surface area contributed by atoms with Crippen molar-refractivity contribution in [1.29, 1.82) is 0 Å². The normalized spacial score (nSPS) is 11.2. The number of hydrogen-bond acceptors (Lipinski definition) is 5. The Bertz CT molecular complexity index is 440. The number of nitrogens with zero attached hydrogens (tertiary/aromatic N) is 3. The van der Waals surface area contributed by atoms with Crippen LogP contribution < -0.4 is 0 Å². The molecule has 0 saturated heterocycles. The first kappa shape index (κ1) is 12.2. The maximum Gasteiger partial charge on any atom is 0.120 e. The van der Waals surface area contributed by atoms with E-state index in [0.29, 0.717) is 13.1 Å². The number of imidazole rings is 1. The topological polar surface area (TPSA) is 65.0 Å². The quantitative estimate of drug-likeness (QED) is 0.810. The first-order valence-corrected chi connectivity index (χ1v) is 6.38. The first-order valence-electron chi connectivity index (χ1n) is 5.50. The zero-order valence-corrected chi connectivity index (χ0v) is 10.6. The minimum absolute atomic E-state index is 0.151. The lowest BCUT2D eigenvalue weighted by Gasteiger charge is -2.19. The Morgan fingerprint density at radius 2 is 2.29 bits per heavy atom. The molecule has 0 aliphatic carbocycles. The van der Waals surface area contributed by atoms with Crippen LogP contribution in [0.15, 0.2) is 17.9 Å². The molecule has 0 radical (unpaired) electrons. The van der Waals surface area contributed by atoms with Crippen LogP contribution in [-0.2, 0) is 13.1 Å². The molecule has 0 amide bonds. The van der Waals surface area contributed by atoms with Crippen molar-refractivity contribution >= 4 is 11.3 Å². The summed E-state index contributed by atoms with van der Waals surface area (Å²) in [7, 11) is 0. The molecule has 2 N–H and O–H groups in total. The van der Waals surface area contributed by atoms with Gasteiger partial charge in [0.2, 0.25) is 0 Å². The molecule has 0 fully saturated rings. The summed E-state index contributed by atoms with van der Waals surface area (Å²) in [5.74, 6) is 0.917. The molecule has 6 heteroatoms. The van der Waals surface area contributed by atoms with Crippen LogP contribution in [0.1, 0.15) is 16.4 Å². The standard InChI is InChI=1S/C11H16N4OS/c1-9-10(17-8-14-9)6-15(4-5-16)7-11-12-2-3-13-11/h2-3,8,16H,4-7H2,1H3,(H,12,13). The number of aliphatic hydroxyl groups excluding tert-OH is 1. The highest BCUT2D eigenvalue weighted by atomic mass is 32.1. The highest BCUT2D eigenvalue weighted by Gasteiger charge is 2.10. The number of aliphatic hydroxyl groups is 1. The molecular weight excluding hydrogens is 236 g/mol. The van der Waals surface area contributed by atoms with E-state index in [2.05, 4.69) is 19.9 Å². The summed E-state index contributed by atoms with van der Waals surface area (Å²) >= 11 is 1.65. The largest absolute Gasteiger partial charge is 0.395 e. The Labute approximate surface area is 104 Å². The molecule has 5 nitrogen and oxygen atoms in total. The number of thiazole rings is 1. The van der Waals surface area contributed by atoms with E-state index >= 15 is 0 Å². The van der Waals surface area contributed by atoms with Gasteiger partial charge in [-0.25, -0.2) is 9.97 Å². The lowest BCUT2D eigenvalue weighted by atomic mass is 10.3. The average Bonchev–Trinajstić information content (AvgIpc) is 2.92. The average molecular weight is 252 g/mol. The Morgan fingerprint density at radius 3 is 2.88 bits per heavy atom. The van der Waals surface area contributed by atoms with Gasteiger partial charge < -0.3 is 10.1 Å². The summed E-state index contributed by atoms with van der Waals surface area (Å²) in [4.78, 5) is 14.9. The van der Waals surface area contributed by atoms with Crippen LogP contribution in [0.2, 0.25) is 0 Å². The van der Waals surface area contributed by atoms with Gasteiger partial charge in [0.15, 0.2) is 0 Å². The van der Waals surface area contributed by atoms with Crippen LogP contribution in [0.4, 0.5) is 0 Å². The molecule has 0 saturated carbocycles. The van der Waals surface area contributed by atoms with E-state index < -0.39 is 0 Å². The van der Waals surface area contributed by atoms with E-state index in [0.717, 1.165) is 18.1 Å². The molecule has 0 aromatic carbocycles. The van der Waals surface area contributed by atoms with E-state index in [1.165, 1.54) is 4.88 Å². The van der Waals surface area contributed by atoms with Gasteiger partial charge in [0, 0.05) is 30.4 Å². The van der Waals surface area contributed by atoms with Crippen molar-refractivity contribution in [2.24, 2.45) is 0 Å². The molecule has 2 heterocycles. The molecule has 0 aliphatic heterocycles. The predicted molar refractivity (Wildman–Crippen MR) is 66.6 cm³/mol. The second kappa shape index (κ2) is 5.90. The van der Waals surface area contributed by atoms with Crippen LogP contribution >= 0.6 is 11.3 Å². The Kier molecular flexibility index (Phi) is 4.24. The molecule has 0 bridgehead atoms. The van der Waals surface area contributed by atoms with Gasteiger partial charge in [0.05, 0.1) is 24.4 Å². The molecule has 2 aromatic rings. The molecule has 0 aliphatic rings. The second-order valence-corrected chi connectivity index (χ2v) is 4.77. The van der Waals surface area contributed by atoms with Crippen LogP contribution in [0.5, 0.6) is 0 Å². The van der Waals surface area contributed by atoms with Crippen molar-refractivity contribution in [3.8, 4) is 0 Å². The minimum Gasteiger partial charge on any atom is -0.395 e. The van der Waals surface area contributed by atoms with Gasteiger partial charge in [0.25, 0.3) is 0 Å². The second-order valence-electron chi connectivity index (χ2n) is 3.83. The fourth-order valence-electron chi connectivity index (χ4n) is 1.63. The number of hydrogen-bond donors (Lipinski definition) is 2. The van der Waals surface area contributed by atoms with Gasteiger partial charge in [-0.2, -0.15) is 0 Å². The first-order chi connectivity index (χ1) is 8.29. The van der Waals surface area contributed by atoms with Gasteiger partial charge in [0.1, 0.15) is 5.82 Å². The summed E-state index contributed by atoms with van der Waals surface area (Å²) in [5, 5.41) is 9.08. The maximum absolute atomic E-state index is 9.08. The van der Waals surface area contributed by atoms with Crippen molar-refractivity contribution in [3.05, 3.63) is 34.3 Å². The van der Waals surface area contributed by atoms with E-state index in [1.807, 2.05) is 18.6 Å². The molecule has 0 spiro atoms. The van der Waals surface area contributed by atoms with Crippen molar-refractivity contribution in [2.75, 3.05) is 13.2 Å². The summed E-state index contributed by atoms with van der Waals surface area (Å²) < 4.78 is 0. The Morgan fingerprint density at radius 1 is 1.41 bits per heavy atom. The predicted octanol–water partition coefficient (Wildman–Crippen LogP) is 1.17. The van der Waals surface area contributed by atoms with Crippen LogP contribution in [-0.4, -0.2) is 38.1 Å². The van der Waals surface area contributed by atoms with Gasteiger partial charge in [-0.05, 0) is 6.92 Å². The summed E-state index contributed by atoms with van der Waals surface area (Å²) in [6.45, 7) is 4.31. The van der Waals surface area contributed by atoms with Crippen LogP contribution in [0.3, 0.4) is 0 Å². The van der Waals surface area contributed by atoms with Crippen molar-refractivity contribution in [1.82, 2.24) is 19.9 Å². The highest BCUT2D eigenvalue weighted by molar-refractivity contribution is 7.09. The summed E-state index contributed by atoms with van der Waals surface area (Å²) in [6.07, 6.45) is 3.55. The Hall–Kier alpha value is -1.24. The van der Waals surface area contributed by atoms with Crippen molar-refractivity contribution in [2.45, 2.75) is 20.0 Å². The SMILES string of the molecule is Cc1ncsc1CN(CCO)Cc1ncc[nH]1. The van der Waals surface area contributed by atoms with Gasteiger partial charge in [-0.1, -0.05) is 0 Å². The zero-order valence-electron chi connectivity index (χ0n) is 9.76. The Balaban J connectivity index is 2.00. The monoisotopic (exact) mass is 252 g/mol. The molecule has 17 heavy (non-hydrogen) atoms. The van der Waals surface area contributed by atoms with E-state index in [9.17, 15) is 0 Å². The number of aryl methyl sites for hydroxylation is 1. The van der Waals surface area contributed by atoms with Gasteiger partial charge in [-0.15, -0.1) is 11.3 Å². The van der Waals surface area contributed by atoms with Crippen LogP contribution in [0.25, 0.3) is 0 Å². The van der Waals surface area contributed by atoms with E-state index in [1.54, 1.807) is 17.5 Å². The third kappa shape index (κ3) is 3.36. The lowest BCUT2D eigenvalue weighted by Crippen LogP contribution is -2.26. The van der Waals surface area contributed by atoms with Gasteiger partial charge >= 0.3 is 0 Å². The highest BCUT2D eigenvalue weighted by Crippen LogP contribution is 2.15. The molecular formula is C11H16N4OS. The molecule has 2 rings (SSSR count). The zero-order chi connectivity index (χ0) is 12.1. The fourth-order valence-corrected chi connectivity index (χ4v) is 2.45. The molecule has 2 aromatic heterocycles. The number of aromatic nitrogens is 3. The maximum atomic E-state index is 9.08. The lowest BCUT2D eigenvalue weighted by molar-refractivity contribution is 0.182. The number of nitrogens with one attached hydrogen (secondary N) is 1. The molecule has 0 atom stereocenters. The molecule has 92 valence electrons. The third-order valence-electron chi connectivity index (χ3n) is 2.56. The number of H-pyrrole nitrogens is 1. The molecule has 0 unspecified atom stereocenters. The number of rotatable bonds is 6.